The summed E-state index contributed by atoms with van der Waals surface area (Å²) in [6.45, 7) is 1.75. The molecule has 1 atom stereocenters. The Balaban J connectivity index is 2.11. The van der Waals surface area contributed by atoms with Gasteiger partial charge in [-0.1, -0.05) is 30.0 Å². The van der Waals surface area contributed by atoms with Crippen molar-refractivity contribution < 1.29 is 4.79 Å². The van der Waals surface area contributed by atoms with E-state index in [1.165, 1.54) is 11.8 Å². The van der Waals surface area contributed by atoms with Gasteiger partial charge in [-0.15, -0.1) is 10.2 Å². The van der Waals surface area contributed by atoms with Gasteiger partial charge in [-0.25, -0.2) is 0 Å². The fraction of sp³-hybridized carbons (Fsp3) is 0.125. The second kappa shape index (κ2) is 6.62. The first-order chi connectivity index (χ1) is 11.2. The molecule has 2 N–H and O–H groups in total. The van der Waals surface area contributed by atoms with Crippen molar-refractivity contribution in [3.8, 4) is 17.1 Å². The Morgan fingerprint density at radius 3 is 2.48 bits per heavy atom. The molecule has 23 heavy (non-hydrogen) atoms. The summed E-state index contributed by atoms with van der Waals surface area (Å²) in [5.41, 5.74) is 7.18. The molecule has 0 bridgehead atoms. The third kappa shape index (κ3) is 3.24. The van der Waals surface area contributed by atoms with E-state index in [-0.39, 0.29) is 5.91 Å². The maximum atomic E-state index is 11.4. The number of hydrogen-bond donors (Lipinski definition) is 1. The topological polar surface area (TPSA) is 86.7 Å². The van der Waals surface area contributed by atoms with E-state index in [2.05, 4.69) is 15.2 Å². The van der Waals surface area contributed by atoms with Crippen LogP contribution in [0.1, 0.15) is 6.92 Å². The molecular weight excluding hydrogens is 310 g/mol. The average molecular weight is 325 g/mol. The monoisotopic (exact) mass is 325 g/mol. The van der Waals surface area contributed by atoms with Gasteiger partial charge in [0.05, 0.1) is 5.25 Å². The molecule has 0 aliphatic rings. The van der Waals surface area contributed by atoms with E-state index >= 15 is 0 Å². The Bertz CT molecular complexity index is 804. The number of carbonyl (C=O) groups is 1. The lowest BCUT2D eigenvalue weighted by Crippen LogP contribution is -2.23. The van der Waals surface area contributed by atoms with E-state index in [1.54, 1.807) is 19.3 Å². The highest BCUT2D eigenvalue weighted by Gasteiger charge is 2.20. The highest BCUT2D eigenvalue weighted by atomic mass is 32.2. The molecule has 0 aliphatic heterocycles. The van der Waals surface area contributed by atoms with Gasteiger partial charge >= 0.3 is 0 Å². The van der Waals surface area contributed by atoms with Crippen molar-refractivity contribution in [3.63, 3.8) is 0 Å². The fourth-order valence-corrected chi connectivity index (χ4v) is 2.88. The van der Waals surface area contributed by atoms with E-state index in [1.807, 2.05) is 47.0 Å². The predicted molar refractivity (Wildman–Crippen MR) is 89.1 cm³/mol. The Morgan fingerprint density at radius 2 is 1.83 bits per heavy atom. The quantitative estimate of drug-likeness (QED) is 0.727. The summed E-state index contributed by atoms with van der Waals surface area (Å²) in [4.78, 5) is 15.4. The minimum Gasteiger partial charge on any atom is -0.369 e. The van der Waals surface area contributed by atoms with Gasteiger partial charge in [0.25, 0.3) is 0 Å². The van der Waals surface area contributed by atoms with Crippen LogP contribution in [0.2, 0.25) is 0 Å². The van der Waals surface area contributed by atoms with Gasteiger partial charge in [0.1, 0.15) is 0 Å². The second-order valence-corrected chi connectivity index (χ2v) is 6.18. The zero-order valence-corrected chi connectivity index (χ0v) is 13.3. The maximum absolute atomic E-state index is 11.4. The van der Waals surface area contributed by atoms with Gasteiger partial charge in [-0.3, -0.25) is 14.3 Å². The number of para-hydroxylation sites is 1. The lowest BCUT2D eigenvalue weighted by molar-refractivity contribution is -0.117. The number of pyridine rings is 1. The third-order valence-electron chi connectivity index (χ3n) is 3.27. The van der Waals surface area contributed by atoms with E-state index in [0.717, 1.165) is 11.3 Å². The summed E-state index contributed by atoms with van der Waals surface area (Å²) in [6.07, 6.45) is 3.41. The van der Waals surface area contributed by atoms with Crippen molar-refractivity contribution in [2.45, 2.75) is 17.3 Å². The Morgan fingerprint density at radius 1 is 1.13 bits per heavy atom. The first kappa shape index (κ1) is 15.2. The number of primary amides is 1. The van der Waals surface area contributed by atoms with Crippen molar-refractivity contribution in [1.29, 1.82) is 0 Å². The Kier molecular flexibility index (Phi) is 4.38. The number of nitrogens with two attached hydrogens (primary N) is 1. The normalized spacial score (nSPS) is 12.0. The maximum Gasteiger partial charge on any atom is 0.230 e. The van der Waals surface area contributed by atoms with E-state index in [9.17, 15) is 4.79 Å². The molecule has 1 amide bonds. The SMILES string of the molecule is C[C@H](Sc1nnc(-c2ccncc2)n1-c1ccccc1)C(N)=O. The minimum atomic E-state index is -0.396. The van der Waals surface area contributed by atoms with Gasteiger partial charge < -0.3 is 5.73 Å². The number of aromatic nitrogens is 4. The van der Waals surface area contributed by atoms with E-state index in [0.29, 0.717) is 11.0 Å². The lowest BCUT2D eigenvalue weighted by Gasteiger charge is -2.11. The van der Waals surface area contributed by atoms with Gasteiger partial charge in [-0.2, -0.15) is 0 Å². The molecular formula is C16H15N5OS. The average Bonchev–Trinajstić information content (AvgIpc) is 3.00. The molecule has 0 unspecified atom stereocenters. The molecule has 2 heterocycles. The zero-order valence-electron chi connectivity index (χ0n) is 12.5. The van der Waals surface area contributed by atoms with Crippen molar-refractivity contribution in [2.75, 3.05) is 0 Å². The van der Waals surface area contributed by atoms with Crippen molar-refractivity contribution >= 4 is 17.7 Å². The number of nitrogens with zero attached hydrogens (tertiary/aromatic N) is 4. The number of benzene rings is 1. The third-order valence-corrected chi connectivity index (χ3v) is 4.33. The fourth-order valence-electron chi connectivity index (χ4n) is 2.06. The van der Waals surface area contributed by atoms with Crippen molar-refractivity contribution in [1.82, 2.24) is 19.7 Å². The van der Waals surface area contributed by atoms with E-state index < -0.39 is 5.25 Å². The summed E-state index contributed by atoms with van der Waals surface area (Å²) < 4.78 is 1.92. The summed E-state index contributed by atoms with van der Waals surface area (Å²) in [7, 11) is 0. The minimum absolute atomic E-state index is 0.386. The van der Waals surface area contributed by atoms with Crippen LogP contribution in [0.15, 0.2) is 60.0 Å². The molecule has 0 saturated carbocycles. The van der Waals surface area contributed by atoms with Gasteiger partial charge in [0.2, 0.25) is 5.91 Å². The summed E-state index contributed by atoms with van der Waals surface area (Å²) in [5, 5.41) is 8.75. The van der Waals surface area contributed by atoms with Crippen LogP contribution < -0.4 is 5.73 Å². The summed E-state index contributed by atoms with van der Waals surface area (Å²) >= 11 is 1.29. The number of thioether (sulfide) groups is 1. The smallest absolute Gasteiger partial charge is 0.230 e. The zero-order chi connectivity index (χ0) is 16.2. The molecule has 0 fully saturated rings. The lowest BCUT2D eigenvalue weighted by atomic mass is 10.2. The van der Waals surface area contributed by atoms with Crippen molar-refractivity contribution in [2.24, 2.45) is 5.73 Å². The molecule has 116 valence electrons. The van der Waals surface area contributed by atoms with Crippen LogP contribution >= 0.6 is 11.8 Å². The largest absolute Gasteiger partial charge is 0.369 e. The van der Waals surface area contributed by atoms with E-state index in [4.69, 9.17) is 5.73 Å². The molecule has 0 spiro atoms. The Hall–Kier alpha value is -2.67. The highest BCUT2D eigenvalue weighted by Crippen LogP contribution is 2.29. The Labute approximate surface area is 137 Å². The molecule has 7 heteroatoms. The second-order valence-electron chi connectivity index (χ2n) is 4.88. The van der Waals surface area contributed by atoms with Gasteiger partial charge in [0.15, 0.2) is 11.0 Å². The first-order valence-corrected chi connectivity index (χ1v) is 7.92. The number of rotatable bonds is 5. The molecule has 2 aromatic heterocycles. The number of amides is 1. The highest BCUT2D eigenvalue weighted by molar-refractivity contribution is 8.00. The van der Waals surface area contributed by atoms with Crippen LogP contribution in [0.25, 0.3) is 17.1 Å². The van der Waals surface area contributed by atoms with Crippen LogP contribution in [-0.2, 0) is 4.79 Å². The molecule has 0 radical (unpaired) electrons. The van der Waals surface area contributed by atoms with Crippen LogP contribution in [0.5, 0.6) is 0 Å². The molecule has 3 aromatic rings. The molecule has 0 saturated heterocycles. The summed E-state index contributed by atoms with van der Waals surface area (Å²) in [6, 6.07) is 13.5. The predicted octanol–water partition coefficient (Wildman–Crippen LogP) is 2.30. The number of hydrogen-bond acceptors (Lipinski definition) is 5. The van der Waals surface area contributed by atoms with Gasteiger partial charge in [-0.05, 0) is 31.2 Å². The standard InChI is InChI=1S/C16H15N5OS/c1-11(14(17)22)23-16-20-19-15(12-7-9-18-10-8-12)21(16)13-5-3-2-4-6-13/h2-11H,1H3,(H2,17,22)/t11-/m0/s1. The summed E-state index contributed by atoms with van der Waals surface area (Å²) in [5.74, 6) is 0.306. The van der Waals surface area contributed by atoms with Crippen LogP contribution in [0, 0.1) is 0 Å². The molecule has 6 nitrogen and oxygen atoms in total. The van der Waals surface area contributed by atoms with Crippen LogP contribution in [-0.4, -0.2) is 30.9 Å². The molecule has 1 aromatic carbocycles. The van der Waals surface area contributed by atoms with Crippen molar-refractivity contribution in [3.05, 3.63) is 54.9 Å². The molecule has 3 rings (SSSR count). The van der Waals surface area contributed by atoms with Crippen LogP contribution in [0.3, 0.4) is 0 Å². The van der Waals surface area contributed by atoms with Gasteiger partial charge in [0, 0.05) is 23.6 Å². The number of carbonyl (C=O) groups excluding carboxylic acids is 1. The first-order valence-electron chi connectivity index (χ1n) is 7.04. The molecule has 0 aliphatic carbocycles. The van der Waals surface area contributed by atoms with Crippen LogP contribution in [0.4, 0.5) is 0 Å².